The van der Waals surface area contributed by atoms with E-state index >= 15 is 0 Å². The topological polar surface area (TPSA) is 64.8 Å². The minimum absolute atomic E-state index is 0.532. The normalized spacial score (nSPS) is 14.0. The van der Waals surface area contributed by atoms with Gasteiger partial charge < -0.3 is 10.2 Å². The largest absolute Gasteiger partial charge is 0.357 e. The first-order valence-corrected chi connectivity index (χ1v) is 7.12. The Kier molecular flexibility index (Phi) is 3.69. The second kappa shape index (κ2) is 5.80. The summed E-state index contributed by atoms with van der Waals surface area (Å²) in [5.41, 5.74) is 2.25. The molecule has 0 radical (unpaired) electrons. The Bertz CT molecular complexity index is 666. The van der Waals surface area contributed by atoms with Crippen LogP contribution in [0.4, 0.5) is 17.3 Å². The number of nitriles is 1. The number of nitrogens with zero attached hydrogens (tertiary/aromatic N) is 4. The Hall–Kier alpha value is -2.61. The van der Waals surface area contributed by atoms with E-state index in [4.69, 9.17) is 5.26 Å². The predicted octanol–water partition coefficient (Wildman–Crippen LogP) is 3.00. The maximum absolute atomic E-state index is 9.12. The molecule has 0 aromatic carbocycles. The number of hydrogen-bond donors (Lipinski definition) is 1. The van der Waals surface area contributed by atoms with E-state index in [0.29, 0.717) is 11.4 Å². The third-order valence-corrected chi connectivity index (χ3v) is 3.60. The lowest BCUT2D eigenvalue weighted by Gasteiger charge is -2.16. The lowest BCUT2D eigenvalue weighted by Crippen LogP contribution is -2.18. The average molecular weight is 279 g/mol. The summed E-state index contributed by atoms with van der Waals surface area (Å²) in [5, 5.41) is 12.3. The molecule has 2 aromatic heterocycles. The van der Waals surface area contributed by atoms with Gasteiger partial charge in [-0.3, -0.25) is 0 Å². The molecule has 0 aliphatic carbocycles. The van der Waals surface area contributed by atoms with Crippen LogP contribution < -0.4 is 10.2 Å². The number of anilines is 3. The van der Waals surface area contributed by atoms with Gasteiger partial charge in [0.25, 0.3) is 0 Å². The summed E-state index contributed by atoms with van der Waals surface area (Å²) >= 11 is 0. The van der Waals surface area contributed by atoms with Crippen molar-refractivity contribution in [3.8, 4) is 6.07 Å². The van der Waals surface area contributed by atoms with Crippen molar-refractivity contribution in [2.24, 2.45) is 0 Å². The average Bonchev–Trinajstić information content (AvgIpc) is 3.03. The van der Waals surface area contributed by atoms with E-state index in [1.54, 1.807) is 12.3 Å². The van der Waals surface area contributed by atoms with Crippen LogP contribution in [0.3, 0.4) is 0 Å². The van der Waals surface area contributed by atoms with Crippen molar-refractivity contribution in [3.63, 3.8) is 0 Å². The highest BCUT2D eigenvalue weighted by Gasteiger charge is 2.13. The van der Waals surface area contributed by atoms with Gasteiger partial charge in [0.05, 0.1) is 17.4 Å². The minimum atomic E-state index is 0.532. The summed E-state index contributed by atoms with van der Waals surface area (Å²) in [4.78, 5) is 11.1. The quantitative estimate of drug-likeness (QED) is 0.935. The summed E-state index contributed by atoms with van der Waals surface area (Å²) in [6.45, 7) is 4.07. The zero-order valence-electron chi connectivity index (χ0n) is 12.0. The molecule has 0 unspecified atom stereocenters. The van der Waals surface area contributed by atoms with Crippen LogP contribution in [0.5, 0.6) is 0 Å². The highest BCUT2D eigenvalue weighted by atomic mass is 15.2. The van der Waals surface area contributed by atoms with Crippen LogP contribution in [0.25, 0.3) is 0 Å². The SMILES string of the molecule is Cc1ccc(C#N)c(Nc2ccc(N3CCCC3)nc2)n1. The second-order valence-corrected chi connectivity index (χ2v) is 5.18. The zero-order chi connectivity index (χ0) is 14.7. The molecule has 5 heteroatoms. The van der Waals surface area contributed by atoms with E-state index in [1.807, 2.05) is 25.1 Å². The number of hydrogen-bond acceptors (Lipinski definition) is 5. The molecule has 1 aliphatic heterocycles. The molecule has 21 heavy (non-hydrogen) atoms. The highest BCUT2D eigenvalue weighted by Crippen LogP contribution is 2.22. The molecule has 1 fully saturated rings. The first kappa shape index (κ1) is 13.4. The van der Waals surface area contributed by atoms with Gasteiger partial charge in [0.2, 0.25) is 0 Å². The number of pyridine rings is 2. The standard InChI is InChI=1S/C16H17N5/c1-12-4-5-13(10-17)16(19-12)20-14-6-7-15(18-11-14)21-8-2-3-9-21/h4-7,11H,2-3,8-9H2,1H3,(H,19,20). The Morgan fingerprint density at radius 1 is 1.19 bits per heavy atom. The molecule has 0 spiro atoms. The lowest BCUT2D eigenvalue weighted by molar-refractivity contribution is 0.938. The molecular formula is C16H17N5. The molecule has 0 bridgehead atoms. The van der Waals surface area contributed by atoms with Crippen molar-refractivity contribution in [1.29, 1.82) is 5.26 Å². The maximum atomic E-state index is 9.12. The van der Waals surface area contributed by atoms with Crippen molar-refractivity contribution >= 4 is 17.3 Å². The minimum Gasteiger partial charge on any atom is -0.357 e. The van der Waals surface area contributed by atoms with Crippen molar-refractivity contribution in [2.45, 2.75) is 19.8 Å². The van der Waals surface area contributed by atoms with Gasteiger partial charge in [0.15, 0.2) is 0 Å². The second-order valence-electron chi connectivity index (χ2n) is 5.18. The van der Waals surface area contributed by atoms with Gasteiger partial charge in [0, 0.05) is 18.8 Å². The monoisotopic (exact) mass is 279 g/mol. The molecule has 3 heterocycles. The zero-order valence-corrected chi connectivity index (χ0v) is 12.0. The lowest BCUT2D eigenvalue weighted by atomic mass is 10.2. The van der Waals surface area contributed by atoms with E-state index in [1.165, 1.54) is 12.8 Å². The van der Waals surface area contributed by atoms with Gasteiger partial charge in [-0.15, -0.1) is 0 Å². The number of rotatable bonds is 3. The maximum Gasteiger partial charge on any atom is 0.148 e. The van der Waals surface area contributed by atoms with Crippen molar-refractivity contribution in [2.75, 3.05) is 23.3 Å². The summed E-state index contributed by atoms with van der Waals surface area (Å²) in [6, 6.07) is 9.74. The Balaban J connectivity index is 1.79. The van der Waals surface area contributed by atoms with Crippen LogP contribution in [0.1, 0.15) is 24.1 Å². The van der Waals surface area contributed by atoms with Gasteiger partial charge in [-0.1, -0.05) is 0 Å². The molecule has 0 saturated carbocycles. The molecule has 0 atom stereocenters. The molecule has 1 N–H and O–H groups in total. The van der Waals surface area contributed by atoms with Gasteiger partial charge >= 0.3 is 0 Å². The van der Waals surface area contributed by atoms with Gasteiger partial charge in [-0.2, -0.15) is 5.26 Å². The van der Waals surface area contributed by atoms with Gasteiger partial charge in [-0.25, -0.2) is 9.97 Å². The summed E-state index contributed by atoms with van der Waals surface area (Å²) in [7, 11) is 0. The Morgan fingerprint density at radius 2 is 2.00 bits per heavy atom. The van der Waals surface area contributed by atoms with Crippen LogP contribution >= 0.6 is 0 Å². The molecule has 3 rings (SSSR count). The Morgan fingerprint density at radius 3 is 2.67 bits per heavy atom. The number of aromatic nitrogens is 2. The van der Waals surface area contributed by atoms with E-state index in [-0.39, 0.29) is 0 Å². The first-order chi connectivity index (χ1) is 10.3. The first-order valence-electron chi connectivity index (χ1n) is 7.12. The molecular weight excluding hydrogens is 262 g/mol. The smallest absolute Gasteiger partial charge is 0.148 e. The molecule has 0 amide bonds. The summed E-state index contributed by atoms with van der Waals surface area (Å²) in [5.74, 6) is 1.59. The van der Waals surface area contributed by atoms with Crippen molar-refractivity contribution in [1.82, 2.24) is 9.97 Å². The van der Waals surface area contributed by atoms with Gasteiger partial charge in [-0.05, 0) is 44.0 Å². The molecule has 5 nitrogen and oxygen atoms in total. The fourth-order valence-corrected chi connectivity index (χ4v) is 2.47. The van der Waals surface area contributed by atoms with E-state index in [2.05, 4.69) is 26.3 Å². The van der Waals surface area contributed by atoms with Crippen LogP contribution in [-0.2, 0) is 0 Å². The van der Waals surface area contributed by atoms with Crippen LogP contribution in [-0.4, -0.2) is 23.1 Å². The number of aryl methyl sites for hydroxylation is 1. The number of nitrogens with one attached hydrogen (secondary N) is 1. The molecule has 1 aliphatic rings. The Labute approximate surface area is 124 Å². The fraction of sp³-hybridized carbons (Fsp3) is 0.312. The third-order valence-electron chi connectivity index (χ3n) is 3.60. The predicted molar refractivity (Wildman–Crippen MR) is 82.7 cm³/mol. The third kappa shape index (κ3) is 2.95. The van der Waals surface area contributed by atoms with Crippen molar-refractivity contribution in [3.05, 3.63) is 41.7 Å². The van der Waals surface area contributed by atoms with E-state index in [0.717, 1.165) is 30.3 Å². The van der Waals surface area contributed by atoms with Gasteiger partial charge in [0.1, 0.15) is 17.7 Å². The van der Waals surface area contributed by atoms with Crippen molar-refractivity contribution < 1.29 is 0 Å². The van der Waals surface area contributed by atoms with Crippen LogP contribution in [0, 0.1) is 18.3 Å². The fourth-order valence-electron chi connectivity index (χ4n) is 2.47. The molecule has 106 valence electrons. The van der Waals surface area contributed by atoms with Crippen LogP contribution in [0.15, 0.2) is 30.5 Å². The molecule has 2 aromatic rings. The van der Waals surface area contributed by atoms with Crippen LogP contribution in [0.2, 0.25) is 0 Å². The highest BCUT2D eigenvalue weighted by molar-refractivity contribution is 5.63. The van der Waals surface area contributed by atoms with E-state index in [9.17, 15) is 0 Å². The van der Waals surface area contributed by atoms with E-state index < -0.39 is 0 Å². The molecule has 1 saturated heterocycles. The summed E-state index contributed by atoms with van der Waals surface area (Å²) in [6.07, 6.45) is 4.26. The summed E-state index contributed by atoms with van der Waals surface area (Å²) < 4.78 is 0.